The SMILES string of the molecule is CN1CCC(Cc2ccc(N=C(c3ccccc3)c3c(O)[nH]c4ccc([N+](=O)[O-])cc34)cc2)C1. The molecule has 0 spiro atoms. The predicted octanol–water partition coefficient (Wildman–Crippen LogP) is 5.45. The number of non-ortho nitro benzene ring substituents is 1. The summed E-state index contributed by atoms with van der Waals surface area (Å²) in [7, 11) is 2.16. The summed E-state index contributed by atoms with van der Waals surface area (Å²) in [6.45, 7) is 2.28. The average molecular weight is 455 g/mol. The van der Waals surface area contributed by atoms with E-state index in [9.17, 15) is 15.2 Å². The van der Waals surface area contributed by atoms with Gasteiger partial charge in [0.05, 0.1) is 21.9 Å². The molecule has 1 fully saturated rings. The monoisotopic (exact) mass is 454 g/mol. The van der Waals surface area contributed by atoms with Gasteiger partial charge in [-0.2, -0.15) is 0 Å². The number of aliphatic imine (C=N–C) groups is 1. The first-order chi connectivity index (χ1) is 16.5. The maximum absolute atomic E-state index is 11.4. The Morgan fingerprint density at radius 2 is 1.91 bits per heavy atom. The van der Waals surface area contributed by atoms with Gasteiger partial charge in [0, 0.05) is 35.1 Å². The Kier molecular flexibility index (Phi) is 5.86. The minimum Gasteiger partial charge on any atom is -0.494 e. The summed E-state index contributed by atoms with van der Waals surface area (Å²) >= 11 is 0. The van der Waals surface area contributed by atoms with E-state index in [0.717, 1.165) is 30.8 Å². The molecule has 4 aromatic rings. The van der Waals surface area contributed by atoms with E-state index in [4.69, 9.17) is 4.99 Å². The lowest BCUT2D eigenvalue weighted by atomic mass is 9.98. The van der Waals surface area contributed by atoms with Crippen LogP contribution in [0, 0.1) is 16.0 Å². The molecule has 1 unspecified atom stereocenters. The number of aromatic amines is 1. The molecule has 0 aliphatic carbocycles. The minimum atomic E-state index is -0.437. The van der Waals surface area contributed by atoms with Crippen LogP contribution in [0.25, 0.3) is 10.9 Å². The number of hydrogen-bond donors (Lipinski definition) is 2. The molecular weight excluding hydrogens is 428 g/mol. The van der Waals surface area contributed by atoms with Crippen molar-refractivity contribution in [2.24, 2.45) is 10.9 Å². The van der Waals surface area contributed by atoms with E-state index >= 15 is 0 Å². The second-order valence-electron chi connectivity index (χ2n) is 8.95. The largest absolute Gasteiger partial charge is 0.494 e. The highest BCUT2D eigenvalue weighted by Gasteiger charge is 2.21. The van der Waals surface area contributed by atoms with Crippen molar-refractivity contribution in [2.45, 2.75) is 12.8 Å². The highest BCUT2D eigenvalue weighted by molar-refractivity contribution is 6.22. The zero-order valence-corrected chi connectivity index (χ0v) is 18.9. The highest BCUT2D eigenvalue weighted by atomic mass is 16.6. The van der Waals surface area contributed by atoms with Crippen LogP contribution in [0.15, 0.2) is 77.8 Å². The zero-order valence-electron chi connectivity index (χ0n) is 18.9. The van der Waals surface area contributed by atoms with Crippen molar-refractivity contribution >= 4 is 28.0 Å². The standard InChI is InChI=1S/C27H26N4O3/c1-30-14-13-19(17-30)15-18-7-9-21(10-8-18)28-26(20-5-3-2-4-6-20)25-23-16-22(31(33)34)11-12-24(23)29-27(25)32/h2-12,16,19,29,32H,13-15,17H2,1H3. The van der Waals surface area contributed by atoms with Crippen molar-refractivity contribution in [1.82, 2.24) is 9.88 Å². The molecule has 1 aliphatic heterocycles. The number of hydrogen-bond acceptors (Lipinski definition) is 5. The van der Waals surface area contributed by atoms with Crippen LogP contribution in [0.4, 0.5) is 11.4 Å². The summed E-state index contributed by atoms with van der Waals surface area (Å²) in [6.07, 6.45) is 2.27. The van der Waals surface area contributed by atoms with Crippen LogP contribution in [0.3, 0.4) is 0 Å². The summed E-state index contributed by atoms with van der Waals surface area (Å²) < 4.78 is 0. The van der Waals surface area contributed by atoms with E-state index in [-0.39, 0.29) is 11.6 Å². The molecule has 172 valence electrons. The third kappa shape index (κ3) is 4.43. The molecule has 1 atom stereocenters. The first-order valence-corrected chi connectivity index (χ1v) is 11.4. The molecule has 34 heavy (non-hydrogen) atoms. The summed E-state index contributed by atoms with van der Waals surface area (Å²) in [6, 6.07) is 22.3. The van der Waals surface area contributed by atoms with Gasteiger partial charge < -0.3 is 15.0 Å². The Morgan fingerprint density at radius 1 is 1.15 bits per heavy atom. The fourth-order valence-electron chi connectivity index (χ4n) is 4.74. The first-order valence-electron chi connectivity index (χ1n) is 11.4. The number of benzene rings is 3. The quantitative estimate of drug-likeness (QED) is 0.230. The third-order valence-corrected chi connectivity index (χ3v) is 6.45. The lowest BCUT2D eigenvalue weighted by molar-refractivity contribution is -0.384. The van der Waals surface area contributed by atoms with Crippen LogP contribution >= 0.6 is 0 Å². The van der Waals surface area contributed by atoms with E-state index in [0.29, 0.717) is 28.1 Å². The molecule has 1 saturated heterocycles. The molecule has 1 aliphatic rings. The minimum absolute atomic E-state index is 0.0397. The highest BCUT2D eigenvalue weighted by Crippen LogP contribution is 2.33. The molecule has 1 aromatic heterocycles. The lowest BCUT2D eigenvalue weighted by Gasteiger charge is -2.11. The van der Waals surface area contributed by atoms with Gasteiger partial charge in [-0.25, -0.2) is 4.99 Å². The van der Waals surface area contributed by atoms with Gasteiger partial charge in [0.2, 0.25) is 0 Å². The van der Waals surface area contributed by atoms with Gasteiger partial charge in [0.15, 0.2) is 5.88 Å². The predicted molar refractivity (Wildman–Crippen MR) is 134 cm³/mol. The van der Waals surface area contributed by atoms with Crippen molar-refractivity contribution in [3.63, 3.8) is 0 Å². The van der Waals surface area contributed by atoms with Crippen molar-refractivity contribution in [1.29, 1.82) is 0 Å². The zero-order chi connectivity index (χ0) is 23.7. The lowest BCUT2D eigenvalue weighted by Crippen LogP contribution is -2.14. The Balaban J connectivity index is 1.56. The molecule has 2 heterocycles. The Morgan fingerprint density at radius 3 is 2.59 bits per heavy atom. The number of fused-ring (bicyclic) bond motifs is 1. The Bertz CT molecular complexity index is 1360. The fraction of sp³-hybridized carbons (Fsp3) is 0.222. The Labute approximate surface area is 197 Å². The van der Waals surface area contributed by atoms with E-state index in [1.54, 1.807) is 6.07 Å². The van der Waals surface area contributed by atoms with Gasteiger partial charge in [0.1, 0.15) is 0 Å². The maximum Gasteiger partial charge on any atom is 0.270 e. The van der Waals surface area contributed by atoms with Crippen molar-refractivity contribution in [3.8, 4) is 5.88 Å². The fourth-order valence-corrected chi connectivity index (χ4v) is 4.74. The molecule has 5 rings (SSSR count). The van der Waals surface area contributed by atoms with E-state index in [1.165, 1.54) is 24.1 Å². The molecule has 7 nitrogen and oxygen atoms in total. The van der Waals surface area contributed by atoms with Gasteiger partial charge in [0.25, 0.3) is 5.69 Å². The molecule has 0 saturated carbocycles. The van der Waals surface area contributed by atoms with Crippen LogP contribution in [-0.4, -0.2) is 45.8 Å². The van der Waals surface area contributed by atoms with E-state index < -0.39 is 4.92 Å². The van der Waals surface area contributed by atoms with Gasteiger partial charge >= 0.3 is 0 Å². The molecule has 3 aromatic carbocycles. The summed E-state index contributed by atoms with van der Waals surface area (Å²) in [4.78, 5) is 21.1. The van der Waals surface area contributed by atoms with Gasteiger partial charge in [-0.3, -0.25) is 10.1 Å². The second kappa shape index (κ2) is 9.11. The Hall–Kier alpha value is -3.97. The smallest absolute Gasteiger partial charge is 0.270 e. The van der Waals surface area contributed by atoms with Crippen LogP contribution in [0.5, 0.6) is 5.88 Å². The molecule has 0 amide bonds. The number of nitro benzene ring substituents is 1. The molecule has 0 radical (unpaired) electrons. The topological polar surface area (TPSA) is 94.8 Å². The van der Waals surface area contributed by atoms with Gasteiger partial charge in [-0.05, 0) is 56.1 Å². The number of likely N-dealkylation sites (tertiary alicyclic amines) is 1. The van der Waals surface area contributed by atoms with Crippen molar-refractivity contribution in [3.05, 3.63) is 99.6 Å². The maximum atomic E-state index is 11.4. The third-order valence-electron chi connectivity index (χ3n) is 6.45. The number of nitrogens with one attached hydrogen (secondary N) is 1. The van der Waals surface area contributed by atoms with Gasteiger partial charge in [-0.1, -0.05) is 42.5 Å². The van der Waals surface area contributed by atoms with E-state index in [1.807, 2.05) is 42.5 Å². The number of rotatable bonds is 6. The van der Waals surface area contributed by atoms with Crippen molar-refractivity contribution in [2.75, 3.05) is 20.1 Å². The van der Waals surface area contributed by atoms with Crippen LogP contribution < -0.4 is 0 Å². The van der Waals surface area contributed by atoms with E-state index in [2.05, 4.69) is 29.1 Å². The number of H-pyrrole nitrogens is 1. The number of nitro groups is 1. The molecule has 7 heteroatoms. The summed E-state index contributed by atoms with van der Waals surface area (Å²) in [5.41, 5.74) is 4.42. The van der Waals surface area contributed by atoms with Gasteiger partial charge in [-0.15, -0.1) is 0 Å². The van der Waals surface area contributed by atoms with Crippen LogP contribution in [0.2, 0.25) is 0 Å². The molecular formula is C27H26N4O3. The van der Waals surface area contributed by atoms with Crippen LogP contribution in [0.1, 0.15) is 23.1 Å². The number of nitrogens with zero attached hydrogens (tertiary/aromatic N) is 3. The molecule has 2 N–H and O–H groups in total. The normalized spacial score (nSPS) is 16.9. The van der Waals surface area contributed by atoms with Crippen molar-refractivity contribution < 1.29 is 10.0 Å². The summed E-state index contributed by atoms with van der Waals surface area (Å²) in [5, 5.41) is 22.7. The average Bonchev–Trinajstić information content (AvgIpc) is 3.40. The van der Waals surface area contributed by atoms with Crippen LogP contribution in [-0.2, 0) is 6.42 Å². The first kappa shape index (κ1) is 21.9. The number of aromatic hydroxyl groups is 1. The molecule has 0 bridgehead atoms. The summed E-state index contributed by atoms with van der Waals surface area (Å²) in [5.74, 6) is 0.610. The second-order valence-corrected chi connectivity index (χ2v) is 8.95. The number of aromatic nitrogens is 1.